The lowest BCUT2D eigenvalue weighted by Gasteiger charge is -2.06. The van der Waals surface area contributed by atoms with Crippen LogP contribution in [0.2, 0.25) is 0 Å². The Morgan fingerprint density at radius 1 is 1.55 bits per heavy atom. The molecule has 0 aliphatic carbocycles. The van der Waals surface area contributed by atoms with Crippen LogP contribution in [0, 0.1) is 0 Å². The zero-order valence-electron chi connectivity index (χ0n) is 7.29. The second-order valence-corrected chi connectivity index (χ2v) is 5.18. The van der Waals surface area contributed by atoms with E-state index in [1.165, 1.54) is 0 Å². The molecule has 0 saturated heterocycles. The first-order valence-corrected chi connectivity index (χ1v) is 6.07. The van der Waals surface area contributed by atoms with Crippen LogP contribution in [0.3, 0.4) is 0 Å². The van der Waals surface area contributed by atoms with Crippen LogP contribution in [0.5, 0.6) is 0 Å². The van der Waals surface area contributed by atoms with E-state index < -0.39 is 7.37 Å². The molecule has 0 heterocycles. The smallest absolute Gasteiger partial charge is 0.204 e. The summed E-state index contributed by atoms with van der Waals surface area (Å²) in [6.07, 6.45) is 6.22. The Kier molecular flexibility index (Phi) is 5.53. The Balaban J connectivity index is 3.71. The molecule has 1 atom stereocenters. The van der Waals surface area contributed by atoms with Crippen molar-refractivity contribution in [3.05, 3.63) is 12.2 Å². The fourth-order valence-corrected chi connectivity index (χ4v) is 2.30. The zero-order chi connectivity index (χ0) is 8.74. The van der Waals surface area contributed by atoms with E-state index >= 15 is 0 Å². The molecule has 0 fully saturated rings. The lowest BCUT2D eigenvalue weighted by molar-refractivity contribution is 0.479. The Morgan fingerprint density at radius 2 is 2.18 bits per heavy atom. The van der Waals surface area contributed by atoms with Gasteiger partial charge in [0.1, 0.15) is 0 Å². The predicted molar refractivity (Wildman–Crippen MR) is 49.3 cm³/mol. The van der Waals surface area contributed by atoms with Gasteiger partial charge >= 0.3 is 0 Å². The molecule has 0 aromatic heterocycles. The third-order valence-corrected chi connectivity index (χ3v) is 3.28. The molecular weight excluding hydrogens is 159 g/mol. The van der Waals surface area contributed by atoms with Gasteiger partial charge < -0.3 is 4.89 Å². The molecule has 0 radical (unpaired) electrons. The van der Waals surface area contributed by atoms with Crippen LogP contribution in [-0.4, -0.2) is 17.2 Å². The number of hydrogen-bond donors (Lipinski definition) is 1. The lowest BCUT2D eigenvalue weighted by atomic mass is 10.4. The monoisotopic (exact) mass is 176 g/mol. The lowest BCUT2D eigenvalue weighted by Crippen LogP contribution is -1.91. The van der Waals surface area contributed by atoms with Crippen molar-refractivity contribution in [2.45, 2.75) is 26.7 Å². The van der Waals surface area contributed by atoms with Crippen LogP contribution >= 0.6 is 7.37 Å². The summed E-state index contributed by atoms with van der Waals surface area (Å²) in [5.41, 5.74) is 0. The summed E-state index contributed by atoms with van der Waals surface area (Å²) in [7, 11) is -2.81. The van der Waals surface area contributed by atoms with Gasteiger partial charge in [-0.05, 0) is 13.3 Å². The number of allylic oxidation sites excluding steroid dienone is 2. The molecule has 0 aliphatic heterocycles. The minimum atomic E-state index is -2.81. The summed E-state index contributed by atoms with van der Waals surface area (Å²) in [5, 5.41) is 0. The minimum Gasteiger partial charge on any atom is -0.344 e. The second kappa shape index (κ2) is 5.56. The molecule has 1 unspecified atom stereocenters. The summed E-state index contributed by atoms with van der Waals surface area (Å²) in [4.78, 5) is 9.28. The average Bonchev–Trinajstić information content (AvgIpc) is 1.97. The highest BCUT2D eigenvalue weighted by Crippen LogP contribution is 2.41. The van der Waals surface area contributed by atoms with Gasteiger partial charge in [0.2, 0.25) is 7.37 Å². The number of rotatable bonds is 5. The van der Waals surface area contributed by atoms with E-state index in [-0.39, 0.29) is 0 Å². The van der Waals surface area contributed by atoms with E-state index in [1.807, 2.05) is 19.9 Å². The fraction of sp³-hybridized carbons (Fsp3) is 0.750. The molecule has 3 heteroatoms. The minimum absolute atomic E-state index is 0.337. The second-order valence-electron chi connectivity index (χ2n) is 2.68. The van der Waals surface area contributed by atoms with Crippen molar-refractivity contribution in [3.63, 3.8) is 0 Å². The van der Waals surface area contributed by atoms with E-state index in [4.69, 9.17) is 0 Å². The first-order valence-electron chi connectivity index (χ1n) is 4.04. The van der Waals surface area contributed by atoms with Crippen LogP contribution in [0.1, 0.15) is 26.7 Å². The molecular formula is C8H17O2P. The summed E-state index contributed by atoms with van der Waals surface area (Å²) >= 11 is 0. The van der Waals surface area contributed by atoms with Gasteiger partial charge in [-0.25, -0.2) is 0 Å². The molecule has 11 heavy (non-hydrogen) atoms. The first-order chi connectivity index (χ1) is 5.12. The van der Waals surface area contributed by atoms with Gasteiger partial charge in [-0.3, -0.25) is 4.57 Å². The maximum Gasteiger partial charge on any atom is 0.204 e. The number of hydrogen-bond acceptors (Lipinski definition) is 1. The highest BCUT2D eigenvalue weighted by Gasteiger charge is 2.13. The van der Waals surface area contributed by atoms with Gasteiger partial charge in [-0.15, -0.1) is 0 Å². The van der Waals surface area contributed by atoms with Crippen molar-refractivity contribution < 1.29 is 9.46 Å². The van der Waals surface area contributed by atoms with Crippen molar-refractivity contribution in [3.8, 4) is 0 Å². The van der Waals surface area contributed by atoms with Crippen molar-refractivity contribution in [2.75, 3.05) is 12.3 Å². The van der Waals surface area contributed by atoms with E-state index in [0.717, 1.165) is 12.8 Å². The molecule has 0 spiro atoms. The summed E-state index contributed by atoms with van der Waals surface area (Å²) in [5.74, 6) is 0. The van der Waals surface area contributed by atoms with Crippen LogP contribution < -0.4 is 0 Å². The largest absolute Gasteiger partial charge is 0.344 e. The van der Waals surface area contributed by atoms with Crippen LogP contribution in [-0.2, 0) is 4.57 Å². The molecule has 0 bridgehead atoms. The van der Waals surface area contributed by atoms with Gasteiger partial charge in [-0.2, -0.15) is 0 Å². The van der Waals surface area contributed by atoms with Crippen molar-refractivity contribution >= 4 is 7.37 Å². The summed E-state index contributed by atoms with van der Waals surface area (Å²) in [6.45, 7) is 3.88. The molecule has 0 rings (SSSR count). The van der Waals surface area contributed by atoms with Crippen LogP contribution in [0.15, 0.2) is 12.2 Å². The predicted octanol–water partition coefficient (Wildman–Crippen LogP) is 2.63. The third-order valence-electron chi connectivity index (χ3n) is 1.49. The van der Waals surface area contributed by atoms with Crippen LogP contribution in [0.25, 0.3) is 0 Å². The molecule has 0 aromatic rings. The van der Waals surface area contributed by atoms with Gasteiger partial charge in [0.05, 0.1) is 0 Å². The van der Waals surface area contributed by atoms with E-state index in [2.05, 4.69) is 0 Å². The van der Waals surface area contributed by atoms with Crippen molar-refractivity contribution in [1.29, 1.82) is 0 Å². The average molecular weight is 176 g/mol. The standard InChI is InChI=1S/C8H17O2P/c1-3-5-7-11(9,10)8-6-4-2/h3,5H,4,6-8H2,1-2H3,(H,9,10). The van der Waals surface area contributed by atoms with Crippen molar-refractivity contribution in [2.24, 2.45) is 0 Å². The van der Waals surface area contributed by atoms with Gasteiger partial charge in [0, 0.05) is 12.3 Å². The highest BCUT2D eigenvalue weighted by atomic mass is 31.2. The Morgan fingerprint density at radius 3 is 2.64 bits per heavy atom. The Hall–Kier alpha value is -0.0700. The van der Waals surface area contributed by atoms with Gasteiger partial charge in [0.15, 0.2) is 0 Å². The van der Waals surface area contributed by atoms with E-state index in [0.29, 0.717) is 12.3 Å². The first kappa shape index (κ1) is 10.9. The molecule has 0 aromatic carbocycles. The summed E-state index contributed by atoms with van der Waals surface area (Å²) in [6, 6.07) is 0. The Bertz CT molecular complexity index is 163. The molecule has 2 nitrogen and oxygen atoms in total. The molecule has 0 aliphatic rings. The van der Waals surface area contributed by atoms with E-state index in [1.54, 1.807) is 6.08 Å². The number of unbranched alkanes of at least 4 members (excludes halogenated alkanes) is 1. The quantitative estimate of drug-likeness (QED) is 0.516. The third kappa shape index (κ3) is 6.33. The molecule has 66 valence electrons. The normalized spacial score (nSPS) is 17.0. The van der Waals surface area contributed by atoms with Crippen molar-refractivity contribution in [1.82, 2.24) is 0 Å². The maximum absolute atomic E-state index is 11.2. The maximum atomic E-state index is 11.2. The van der Waals surface area contributed by atoms with Gasteiger partial charge in [0.25, 0.3) is 0 Å². The highest BCUT2D eigenvalue weighted by molar-refractivity contribution is 7.58. The SMILES string of the molecule is CC=CCP(=O)(O)CCCC. The molecule has 0 saturated carbocycles. The fourth-order valence-electron chi connectivity index (χ4n) is 0.767. The van der Waals surface area contributed by atoms with Gasteiger partial charge in [-0.1, -0.05) is 25.5 Å². The summed E-state index contributed by atoms with van der Waals surface area (Å²) < 4.78 is 11.2. The van der Waals surface area contributed by atoms with E-state index in [9.17, 15) is 9.46 Å². The topological polar surface area (TPSA) is 37.3 Å². The zero-order valence-corrected chi connectivity index (χ0v) is 8.18. The van der Waals surface area contributed by atoms with Crippen LogP contribution in [0.4, 0.5) is 0 Å². The molecule has 0 amide bonds. The molecule has 1 N–H and O–H groups in total. The Labute approximate surface area is 68.8 Å².